The zero-order valence-electron chi connectivity index (χ0n) is 12.1. The first-order valence-electron chi connectivity index (χ1n) is 6.89. The predicted molar refractivity (Wildman–Crippen MR) is 77.4 cm³/mol. The Hall–Kier alpha value is -2.64. The van der Waals surface area contributed by atoms with Crippen molar-refractivity contribution < 1.29 is 9.18 Å². The first-order valence-corrected chi connectivity index (χ1v) is 6.89. The number of carbonyl (C=O) groups is 1. The summed E-state index contributed by atoms with van der Waals surface area (Å²) >= 11 is 0. The molecule has 2 heterocycles. The zero-order chi connectivity index (χ0) is 15.4. The van der Waals surface area contributed by atoms with E-state index in [0.717, 1.165) is 0 Å². The molecule has 112 valence electrons. The second-order valence-electron chi connectivity index (χ2n) is 5.68. The van der Waals surface area contributed by atoms with Crippen LogP contribution in [0.3, 0.4) is 0 Å². The number of allylic oxidation sites excluding steroid dienone is 2. The average Bonchev–Trinajstić information content (AvgIpc) is 2.86. The molecule has 0 aliphatic heterocycles. The number of hydrogen-bond donors (Lipinski definition) is 0. The second-order valence-corrected chi connectivity index (χ2v) is 5.68. The Morgan fingerprint density at radius 1 is 1.41 bits per heavy atom. The summed E-state index contributed by atoms with van der Waals surface area (Å²) in [6.07, 6.45) is 4.90. The fourth-order valence-electron chi connectivity index (χ4n) is 2.92. The number of aromatic nitrogens is 4. The molecule has 2 aliphatic carbocycles. The Morgan fingerprint density at radius 3 is 2.91 bits per heavy atom. The largest absolute Gasteiger partial charge is 0.369 e. The van der Waals surface area contributed by atoms with E-state index in [-0.39, 0.29) is 18.4 Å². The SMILES string of the molecule is CN(C)C=Nc1ncnc2c1ncn2C1C2=C(F)C(=O)C[C@H]21. The van der Waals surface area contributed by atoms with Crippen molar-refractivity contribution in [1.82, 2.24) is 24.4 Å². The van der Waals surface area contributed by atoms with E-state index in [1.54, 1.807) is 22.1 Å². The van der Waals surface area contributed by atoms with Crippen LogP contribution in [0, 0.1) is 5.92 Å². The molecule has 0 spiro atoms. The van der Waals surface area contributed by atoms with Crippen LogP contribution < -0.4 is 0 Å². The van der Waals surface area contributed by atoms with Crippen molar-refractivity contribution in [2.24, 2.45) is 10.9 Å². The summed E-state index contributed by atoms with van der Waals surface area (Å²) in [7, 11) is 3.72. The second kappa shape index (κ2) is 4.43. The number of aliphatic imine (C=N–C) groups is 1. The summed E-state index contributed by atoms with van der Waals surface area (Å²) in [5, 5.41) is 0. The number of ketones is 1. The van der Waals surface area contributed by atoms with E-state index >= 15 is 0 Å². The Labute approximate surface area is 125 Å². The van der Waals surface area contributed by atoms with E-state index < -0.39 is 11.6 Å². The lowest BCUT2D eigenvalue weighted by Gasteiger charge is -2.04. The molecule has 0 bridgehead atoms. The third-order valence-corrected chi connectivity index (χ3v) is 3.94. The highest BCUT2D eigenvalue weighted by atomic mass is 19.1. The lowest BCUT2D eigenvalue weighted by molar-refractivity contribution is -0.116. The summed E-state index contributed by atoms with van der Waals surface area (Å²) in [5.74, 6) is -0.564. The molecule has 1 unspecified atom stereocenters. The molecule has 2 aliphatic rings. The van der Waals surface area contributed by atoms with Gasteiger partial charge in [-0.1, -0.05) is 0 Å². The van der Waals surface area contributed by atoms with Crippen LogP contribution >= 0.6 is 0 Å². The molecule has 0 radical (unpaired) electrons. The number of imidazole rings is 1. The number of carbonyl (C=O) groups excluding carboxylic acids is 1. The maximum Gasteiger partial charge on any atom is 0.191 e. The molecule has 22 heavy (non-hydrogen) atoms. The fourth-order valence-corrected chi connectivity index (χ4v) is 2.92. The number of halogens is 1. The molecular weight excluding hydrogens is 287 g/mol. The zero-order valence-corrected chi connectivity index (χ0v) is 12.1. The third-order valence-electron chi connectivity index (χ3n) is 3.94. The fraction of sp³-hybridized carbons (Fsp3) is 0.357. The van der Waals surface area contributed by atoms with E-state index in [0.29, 0.717) is 22.6 Å². The van der Waals surface area contributed by atoms with Crippen LogP contribution in [0.15, 0.2) is 29.0 Å². The molecule has 0 amide bonds. The van der Waals surface area contributed by atoms with Crippen molar-refractivity contribution in [3.05, 3.63) is 24.1 Å². The molecule has 0 saturated heterocycles. The Morgan fingerprint density at radius 2 is 2.23 bits per heavy atom. The molecule has 0 aromatic carbocycles. The van der Waals surface area contributed by atoms with Gasteiger partial charge in [-0.2, -0.15) is 0 Å². The van der Waals surface area contributed by atoms with Gasteiger partial charge in [-0.3, -0.25) is 4.79 Å². The van der Waals surface area contributed by atoms with Gasteiger partial charge >= 0.3 is 0 Å². The van der Waals surface area contributed by atoms with Crippen LogP contribution in [-0.4, -0.2) is 50.6 Å². The minimum atomic E-state index is -0.586. The molecule has 7 nitrogen and oxygen atoms in total. The quantitative estimate of drug-likeness (QED) is 0.633. The summed E-state index contributed by atoms with van der Waals surface area (Å²) in [4.78, 5) is 30.0. The lowest BCUT2D eigenvalue weighted by Crippen LogP contribution is -2.07. The van der Waals surface area contributed by atoms with Gasteiger partial charge in [-0.25, -0.2) is 24.3 Å². The molecule has 1 fully saturated rings. The van der Waals surface area contributed by atoms with Gasteiger partial charge in [0, 0.05) is 26.4 Å². The van der Waals surface area contributed by atoms with E-state index in [4.69, 9.17) is 0 Å². The maximum absolute atomic E-state index is 13.7. The minimum absolute atomic E-state index is 0.0476. The van der Waals surface area contributed by atoms with Gasteiger partial charge in [0.15, 0.2) is 28.6 Å². The molecule has 4 rings (SSSR count). The van der Waals surface area contributed by atoms with Gasteiger partial charge in [0.1, 0.15) is 6.33 Å². The number of fused-ring (bicyclic) bond motifs is 2. The van der Waals surface area contributed by atoms with Crippen molar-refractivity contribution in [3.63, 3.8) is 0 Å². The molecule has 2 aromatic rings. The summed E-state index contributed by atoms with van der Waals surface area (Å²) in [6.45, 7) is 0. The highest BCUT2D eigenvalue weighted by Crippen LogP contribution is 2.59. The summed E-state index contributed by atoms with van der Waals surface area (Å²) in [5.41, 5.74) is 1.74. The average molecular weight is 300 g/mol. The van der Waals surface area contributed by atoms with Gasteiger partial charge in [-0.05, 0) is 5.57 Å². The van der Waals surface area contributed by atoms with E-state index in [2.05, 4.69) is 19.9 Å². The van der Waals surface area contributed by atoms with Crippen LogP contribution in [0.5, 0.6) is 0 Å². The van der Waals surface area contributed by atoms with E-state index in [1.807, 2.05) is 14.1 Å². The molecule has 8 heteroatoms. The smallest absolute Gasteiger partial charge is 0.191 e. The Balaban J connectivity index is 1.77. The van der Waals surface area contributed by atoms with Gasteiger partial charge in [-0.15, -0.1) is 0 Å². The van der Waals surface area contributed by atoms with Crippen LogP contribution in [0.4, 0.5) is 10.2 Å². The maximum atomic E-state index is 13.7. The van der Waals surface area contributed by atoms with Crippen LogP contribution in [0.1, 0.15) is 12.5 Å². The highest BCUT2D eigenvalue weighted by molar-refractivity contribution is 6.00. The topological polar surface area (TPSA) is 76.3 Å². The first kappa shape index (κ1) is 13.1. The normalized spacial score (nSPS) is 23.7. The summed E-state index contributed by atoms with van der Waals surface area (Å²) < 4.78 is 15.5. The Kier molecular flexibility index (Phi) is 2.63. The molecule has 1 saturated carbocycles. The lowest BCUT2D eigenvalue weighted by atomic mass is 10.2. The third kappa shape index (κ3) is 1.76. The van der Waals surface area contributed by atoms with Crippen molar-refractivity contribution >= 4 is 29.1 Å². The van der Waals surface area contributed by atoms with Crippen molar-refractivity contribution in [3.8, 4) is 0 Å². The van der Waals surface area contributed by atoms with Crippen molar-refractivity contribution in [2.75, 3.05) is 14.1 Å². The van der Waals surface area contributed by atoms with Gasteiger partial charge in [0.25, 0.3) is 0 Å². The standard InChI is InChI=1S/C14H13FN6O/c1-20(2)5-19-13-11-14(17-4-16-13)21(6-18-11)12-7-3-8(22)10(15)9(7)12/h4-7,12H,3H2,1-2H3/t7-,12?/m1/s1. The minimum Gasteiger partial charge on any atom is -0.369 e. The van der Waals surface area contributed by atoms with Crippen molar-refractivity contribution in [2.45, 2.75) is 12.5 Å². The molecule has 0 N–H and O–H groups in total. The summed E-state index contributed by atoms with van der Waals surface area (Å²) in [6, 6.07) is -0.150. The predicted octanol–water partition coefficient (Wildman–Crippen LogP) is 1.41. The van der Waals surface area contributed by atoms with E-state index in [1.165, 1.54) is 6.33 Å². The number of rotatable bonds is 3. The van der Waals surface area contributed by atoms with E-state index in [9.17, 15) is 9.18 Å². The van der Waals surface area contributed by atoms with Crippen LogP contribution in [-0.2, 0) is 4.79 Å². The van der Waals surface area contributed by atoms with Gasteiger partial charge < -0.3 is 9.47 Å². The van der Waals surface area contributed by atoms with Crippen molar-refractivity contribution in [1.29, 1.82) is 0 Å². The Bertz CT molecular complexity index is 852. The molecule has 2 atom stereocenters. The number of hydrogen-bond acceptors (Lipinski definition) is 5. The monoisotopic (exact) mass is 300 g/mol. The number of Topliss-reactive ketones (excluding diaryl/α,β-unsaturated/α-hetero) is 1. The number of nitrogens with zero attached hydrogens (tertiary/aromatic N) is 6. The molecule has 2 aromatic heterocycles. The van der Waals surface area contributed by atoms with Gasteiger partial charge in [0.05, 0.1) is 18.7 Å². The van der Waals surface area contributed by atoms with Crippen LogP contribution in [0.25, 0.3) is 11.2 Å². The van der Waals surface area contributed by atoms with Crippen LogP contribution in [0.2, 0.25) is 0 Å². The molecular formula is C14H13FN6O. The first-order chi connectivity index (χ1) is 10.6. The van der Waals surface area contributed by atoms with Gasteiger partial charge in [0.2, 0.25) is 0 Å². The highest BCUT2D eigenvalue weighted by Gasteiger charge is 2.55.